The summed E-state index contributed by atoms with van der Waals surface area (Å²) >= 11 is 0. The number of benzene rings is 3. The van der Waals surface area contributed by atoms with Crippen molar-refractivity contribution in [1.82, 2.24) is 10.3 Å². The molecule has 188 valence electrons. The number of amides is 2. The van der Waals surface area contributed by atoms with Gasteiger partial charge in [0, 0.05) is 29.4 Å². The predicted octanol–water partition coefficient (Wildman–Crippen LogP) is 2.91. The molecule has 2 heterocycles. The summed E-state index contributed by atoms with van der Waals surface area (Å²) in [5.41, 5.74) is 14.3. The van der Waals surface area contributed by atoms with Crippen LogP contribution in [0.1, 0.15) is 27.5 Å². The molecule has 9 nitrogen and oxygen atoms in total. The van der Waals surface area contributed by atoms with Crippen LogP contribution in [0.15, 0.2) is 85.1 Å². The maximum Gasteiger partial charge on any atom is 0.323 e. The molecule has 1 aromatic heterocycles. The third kappa shape index (κ3) is 5.91. The number of hydrogen-bond donors (Lipinski definition) is 4. The fraction of sp³-hybridized carbons (Fsp3) is 0.143. The van der Waals surface area contributed by atoms with Crippen molar-refractivity contribution in [3.63, 3.8) is 0 Å². The minimum Gasteiger partial charge on any atom is -0.480 e. The van der Waals surface area contributed by atoms with Crippen molar-refractivity contribution in [2.24, 2.45) is 5.73 Å². The molecule has 37 heavy (non-hydrogen) atoms. The Balaban J connectivity index is 0.000000207. The number of nitrogens with zero attached hydrogens (tertiary/aromatic N) is 2. The number of para-hydroxylation sites is 1. The first-order valence-corrected chi connectivity index (χ1v) is 11.7. The number of carbonyl (C=O) groups is 3. The van der Waals surface area contributed by atoms with E-state index in [0.717, 1.165) is 23.9 Å². The zero-order chi connectivity index (χ0) is 26.4. The topological polar surface area (TPSA) is 152 Å². The van der Waals surface area contributed by atoms with Crippen LogP contribution < -0.4 is 21.7 Å². The number of primary amides is 1. The molecule has 6 N–H and O–H groups in total. The number of carboxylic acids is 1. The lowest BCUT2D eigenvalue weighted by Crippen LogP contribution is -2.38. The number of hydrogen-bond acceptors (Lipinski definition) is 6. The fourth-order valence-corrected chi connectivity index (χ4v) is 4.26. The molecule has 0 saturated carbocycles. The van der Waals surface area contributed by atoms with Crippen LogP contribution in [0.2, 0.25) is 0 Å². The average molecular weight is 498 g/mol. The molecule has 1 unspecified atom stereocenters. The Morgan fingerprint density at radius 3 is 2.46 bits per heavy atom. The number of carboxylic acid groups (broad SMARTS) is 1. The van der Waals surface area contributed by atoms with Gasteiger partial charge in [0.1, 0.15) is 18.4 Å². The number of nitrogen functional groups attached to an aromatic ring is 1. The summed E-state index contributed by atoms with van der Waals surface area (Å²) in [4.78, 5) is 40.3. The van der Waals surface area contributed by atoms with Crippen molar-refractivity contribution < 1.29 is 19.5 Å². The molecule has 5 rings (SSSR count). The van der Waals surface area contributed by atoms with Gasteiger partial charge in [0.05, 0.1) is 0 Å². The Bertz CT molecular complexity index is 1440. The number of nitrogens with two attached hydrogens (primary N) is 2. The smallest absolute Gasteiger partial charge is 0.323 e. The lowest BCUT2D eigenvalue weighted by Gasteiger charge is -2.24. The zero-order valence-electron chi connectivity index (χ0n) is 20.0. The molecular formula is C28H27N5O4. The molecule has 0 fully saturated rings. The standard InChI is InChI=1S/C18H15N3O3.C10H12N2O/c19-17-15-10-13(7-6-12(15)8-9-20-17)18(24)21(11-16(22)23)14-4-2-1-3-5-14;11-10(13)9-8-4-2-1-3-7(8)5-6-12-9/h1-10H,11H2,(H2,19,20)(H,22,23);1-4,9,12H,5-6H2,(H2,11,13). The van der Waals surface area contributed by atoms with Crippen LogP contribution in [-0.2, 0) is 16.0 Å². The monoisotopic (exact) mass is 497 g/mol. The van der Waals surface area contributed by atoms with Crippen LogP contribution in [0.5, 0.6) is 0 Å². The van der Waals surface area contributed by atoms with E-state index in [1.807, 2.05) is 24.3 Å². The molecule has 1 atom stereocenters. The molecule has 1 aliphatic heterocycles. The van der Waals surface area contributed by atoms with Crippen LogP contribution in [-0.4, -0.2) is 41.0 Å². The van der Waals surface area contributed by atoms with Crippen LogP contribution in [0.3, 0.4) is 0 Å². The van der Waals surface area contributed by atoms with Gasteiger partial charge in [-0.25, -0.2) is 4.98 Å². The second kappa shape index (κ2) is 11.3. The van der Waals surface area contributed by atoms with Gasteiger partial charge >= 0.3 is 5.97 Å². The van der Waals surface area contributed by atoms with Crippen molar-refractivity contribution in [3.8, 4) is 0 Å². The van der Waals surface area contributed by atoms with Crippen LogP contribution in [0, 0.1) is 0 Å². The second-order valence-electron chi connectivity index (χ2n) is 8.49. The van der Waals surface area contributed by atoms with E-state index in [0.29, 0.717) is 22.5 Å². The molecule has 0 spiro atoms. The van der Waals surface area contributed by atoms with E-state index in [1.165, 1.54) is 10.5 Å². The van der Waals surface area contributed by atoms with Gasteiger partial charge in [-0.1, -0.05) is 48.5 Å². The van der Waals surface area contributed by atoms with Crippen LogP contribution in [0.25, 0.3) is 10.8 Å². The van der Waals surface area contributed by atoms with Gasteiger partial charge in [-0.3, -0.25) is 19.3 Å². The molecule has 1 aliphatic rings. The van der Waals surface area contributed by atoms with E-state index in [9.17, 15) is 14.4 Å². The number of nitrogens with one attached hydrogen (secondary N) is 1. The summed E-state index contributed by atoms with van der Waals surface area (Å²) < 4.78 is 0. The van der Waals surface area contributed by atoms with Gasteiger partial charge in [-0.15, -0.1) is 0 Å². The predicted molar refractivity (Wildman–Crippen MR) is 142 cm³/mol. The van der Waals surface area contributed by atoms with Gasteiger partial charge in [-0.2, -0.15) is 0 Å². The van der Waals surface area contributed by atoms with Gasteiger partial charge in [0.2, 0.25) is 5.91 Å². The van der Waals surface area contributed by atoms with Crippen LogP contribution in [0.4, 0.5) is 11.5 Å². The number of aromatic nitrogens is 1. The summed E-state index contributed by atoms with van der Waals surface area (Å²) in [6, 6.07) is 23.2. The van der Waals surface area contributed by atoms with E-state index in [4.69, 9.17) is 16.6 Å². The first-order valence-electron chi connectivity index (χ1n) is 11.7. The minimum atomic E-state index is -1.09. The van der Waals surface area contributed by atoms with Crippen molar-refractivity contribution in [3.05, 3.63) is 102 Å². The summed E-state index contributed by atoms with van der Waals surface area (Å²) in [5.74, 6) is -1.47. The lowest BCUT2D eigenvalue weighted by molar-refractivity contribution is -0.135. The van der Waals surface area contributed by atoms with Gasteiger partial charge < -0.3 is 21.9 Å². The number of aliphatic carboxylic acids is 1. The molecule has 3 aromatic carbocycles. The summed E-state index contributed by atoms with van der Waals surface area (Å²) in [7, 11) is 0. The van der Waals surface area contributed by atoms with E-state index < -0.39 is 18.4 Å². The summed E-state index contributed by atoms with van der Waals surface area (Å²) in [5, 5.41) is 13.8. The number of rotatable bonds is 5. The van der Waals surface area contributed by atoms with Crippen molar-refractivity contribution in [2.45, 2.75) is 12.5 Å². The summed E-state index contributed by atoms with van der Waals surface area (Å²) in [6.07, 6.45) is 2.57. The van der Waals surface area contributed by atoms with Crippen molar-refractivity contribution in [1.29, 1.82) is 0 Å². The number of anilines is 2. The van der Waals surface area contributed by atoms with Crippen molar-refractivity contribution in [2.75, 3.05) is 23.7 Å². The molecule has 0 bridgehead atoms. The van der Waals surface area contributed by atoms with E-state index in [-0.39, 0.29) is 11.9 Å². The third-order valence-electron chi connectivity index (χ3n) is 6.04. The highest BCUT2D eigenvalue weighted by Crippen LogP contribution is 2.23. The molecule has 9 heteroatoms. The quantitative estimate of drug-likeness (QED) is 0.331. The molecule has 2 amide bonds. The molecule has 0 radical (unpaired) electrons. The first-order chi connectivity index (χ1) is 17.8. The SMILES string of the molecule is NC(=O)C1NCCc2ccccc21.Nc1nccc2ccc(C(=O)N(CC(=O)O)c3ccccc3)cc12. The molecule has 0 aliphatic carbocycles. The lowest BCUT2D eigenvalue weighted by atomic mass is 9.94. The van der Waals surface area contributed by atoms with E-state index in [1.54, 1.807) is 60.8 Å². The summed E-state index contributed by atoms with van der Waals surface area (Å²) in [6.45, 7) is 0.397. The molecule has 0 saturated heterocycles. The largest absolute Gasteiger partial charge is 0.480 e. The maximum absolute atomic E-state index is 12.8. The van der Waals surface area contributed by atoms with Crippen molar-refractivity contribution >= 4 is 40.1 Å². The second-order valence-corrected chi connectivity index (χ2v) is 8.49. The van der Waals surface area contributed by atoms with Gasteiger partial charge in [-0.05, 0) is 53.3 Å². The maximum atomic E-state index is 12.8. The average Bonchev–Trinajstić information content (AvgIpc) is 2.92. The highest BCUT2D eigenvalue weighted by Gasteiger charge is 2.23. The first kappa shape index (κ1) is 25.3. The van der Waals surface area contributed by atoms with Crippen LogP contribution >= 0.6 is 0 Å². The third-order valence-corrected chi connectivity index (χ3v) is 6.04. The Kier molecular flexibility index (Phi) is 7.75. The zero-order valence-corrected chi connectivity index (χ0v) is 20.0. The highest BCUT2D eigenvalue weighted by molar-refractivity contribution is 6.10. The number of pyridine rings is 1. The van der Waals surface area contributed by atoms with Gasteiger partial charge in [0.25, 0.3) is 5.91 Å². The van der Waals surface area contributed by atoms with E-state index >= 15 is 0 Å². The Hall–Kier alpha value is -4.76. The van der Waals surface area contributed by atoms with E-state index in [2.05, 4.69) is 10.3 Å². The number of fused-ring (bicyclic) bond motifs is 2. The Morgan fingerprint density at radius 2 is 1.73 bits per heavy atom. The normalized spacial score (nSPS) is 14.1. The molecular weight excluding hydrogens is 470 g/mol. The minimum absolute atomic E-state index is 0.299. The number of carbonyl (C=O) groups excluding carboxylic acids is 2. The highest BCUT2D eigenvalue weighted by atomic mass is 16.4. The fourth-order valence-electron chi connectivity index (χ4n) is 4.26. The van der Waals surface area contributed by atoms with Gasteiger partial charge in [0.15, 0.2) is 0 Å². The Morgan fingerprint density at radius 1 is 1.00 bits per heavy atom. The molecule has 4 aromatic rings. The Labute approximate surface area is 213 Å².